The van der Waals surface area contributed by atoms with Crippen molar-refractivity contribution >= 4 is 23.6 Å². The maximum atomic E-state index is 13.5. The molecule has 10 nitrogen and oxygen atoms in total. The lowest BCUT2D eigenvalue weighted by Crippen LogP contribution is -2.57. The average Bonchev–Trinajstić information content (AvgIpc) is 3.66. The fourth-order valence-corrected chi connectivity index (χ4v) is 3.79. The molecule has 3 rings (SSSR count). The lowest BCUT2D eigenvalue weighted by Gasteiger charge is -2.25. The van der Waals surface area contributed by atoms with E-state index in [1.165, 1.54) is 14.0 Å². The van der Waals surface area contributed by atoms with Crippen LogP contribution in [0.5, 0.6) is 5.75 Å². The molecular formula is C27H34N4O6. The smallest absolute Gasteiger partial charge is 0.315 e. The van der Waals surface area contributed by atoms with Gasteiger partial charge in [-0.15, -0.1) is 0 Å². The minimum absolute atomic E-state index is 0.161. The first-order valence-electron chi connectivity index (χ1n) is 12.1. The van der Waals surface area contributed by atoms with E-state index in [0.29, 0.717) is 12.4 Å². The molecule has 4 amide bonds. The lowest BCUT2D eigenvalue weighted by molar-refractivity contribution is -0.133. The number of hydrogen-bond acceptors (Lipinski definition) is 6. The highest BCUT2D eigenvalue weighted by Crippen LogP contribution is 2.29. The molecule has 0 unspecified atom stereocenters. The molecule has 0 radical (unpaired) electrons. The van der Waals surface area contributed by atoms with Gasteiger partial charge in [0.15, 0.2) is 5.78 Å². The van der Waals surface area contributed by atoms with Gasteiger partial charge in [-0.25, -0.2) is 4.79 Å². The molecule has 2 aromatic carbocycles. The molecule has 0 aliphatic carbocycles. The summed E-state index contributed by atoms with van der Waals surface area (Å²) in [6.07, 6.45) is 0.441. The molecule has 1 aliphatic rings. The molecule has 198 valence electrons. The number of ether oxygens (including phenoxy) is 2. The van der Waals surface area contributed by atoms with Crippen LogP contribution in [0, 0.1) is 0 Å². The van der Waals surface area contributed by atoms with Gasteiger partial charge >= 0.3 is 6.03 Å². The van der Waals surface area contributed by atoms with Crippen LogP contribution < -0.4 is 26.0 Å². The number of hydrogen-bond donors (Lipinski definition) is 4. The number of amides is 4. The van der Waals surface area contributed by atoms with Crippen molar-refractivity contribution in [3.05, 3.63) is 65.7 Å². The van der Waals surface area contributed by atoms with Crippen LogP contribution in [-0.4, -0.2) is 68.1 Å². The molecule has 1 heterocycles. The highest BCUT2D eigenvalue weighted by molar-refractivity contribution is 5.98. The lowest BCUT2D eigenvalue weighted by atomic mass is 9.94. The third-order valence-corrected chi connectivity index (χ3v) is 6.21. The number of epoxide rings is 1. The molecule has 0 saturated carbocycles. The monoisotopic (exact) mass is 510 g/mol. The Bertz CT molecular complexity index is 1100. The van der Waals surface area contributed by atoms with E-state index in [1.807, 2.05) is 30.3 Å². The quantitative estimate of drug-likeness (QED) is 0.316. The largest absolute Gasteiger partial charge is 0.497 e. The van der Waals surface area contributed by atoms with Gasteiger partial charge in [0.1, 0.15) is 23.4 Å². The van der Waals surface area contributed by atoms with E-state index in [2.05, 4.69) is 21.3 Å². The van der Waals surface area contributed by atoms with E-state index in [4.69, 9.17) is 9.47 Å². The van der Waals surface area contributed by atoms with E-state index in [1.54, 1.807) is 38.3 Å². The zero-order valence-corrected chi connectivity index (χ0v) is 21.5. The number of carbonyl (C=O) groups excluding carboxylic acids is 4. The van der Waals surface area contributed by atoms with Crippen molar-refractivity contribution in [1.82, 2.24) is 21.3 Å². The third kappa shape index (κ3) is 7.78. The summed E-state index contributed by atoms with van der Waals surface area (Å²) in [5.41, 5.74) is 0.717. The second kappa shape index (κ2) is 12.4. The van der Waals surface area contributed by atoms with E-state index in [-0.39, 0.29) is 18.6 Å². The molecule has 37 heavy (non-hydrogen) atoms. The Hall–Kier alpha value is -3.92. The Morgan fingerprint density at radius 1 is 0.892 bits per heavy atom. The van der Waals surface area contributed by atoms with Gasteiger partial charge in [-0.1, -0.05) is 42.5 Å². The van der Waals surface area contributed by atoms with Crippen LogP contribution in [0.15, 0.2) is 54.6 Å². The minimum atomic E-state index is -1.01. The van der Waals surface area contributed by atoms with Crippen molar-refractivity contribution in [3.63, 3.8) is 0 Å². The van der Waals surface area contributed by atoms with E-state index in [0.717, 1.165) is 11.1 Å². The number of carbonyl (C=O) groups is 4. The van der Waals surface area contributed by atoms with Gasteiger partial charge in [-0.2, -0.15) is 0 Å². The third-order valence-electron chi connectivity index (χ3n) is 6.21. The van der Waals surface area contributed by atoms with Crippen molar-refractivity contribution < 1.29 is 28.7 Å². The Morgan fingerprint density at radius 2 is 1.46 bits per heavy atom. The van der Waals surface area contributed by atoms with Gasteiger partial charge < -0.3 is 30.7 Å². The normalized spacial score (nSPS) is 18.5. The molecule has 1 aliphatic heterocycles. The van der Waals surface area contributed by atoms with Crippen molar-refractivity contribution in [1.29, 1.82) is 0 Å². The fraction of sp³-hybridized carbons (Fsp3) is 0.407. The van der Waals surface area contributed by atoms with Gasteiger partial charge in [0.2, 0.25) is 11.8 Å². The van der Waals surface area contributed by atoms with Crippen molar-refractivity contribution in [3.8, 4) is 5.75 Å². The Kier molecular flexibility index (Phi) is 9.24. The molecule has 0 aromatic heterocycles. The predicted molar refractivity (Wildman–Crippen MR) is 137 cm³/mol. The van der Waals surface area contributed by atoms with E-state index < -0.39 is 41.6 Å². The van der Waals surface area contributed by atoms with Gasteiger partial charge in [0, 0.05) is 13.5 Å². The Balaban J connectivity index is 1.80. The number of ketones is 1. The molecule has 1 saturated heterocycles. The van der Waals surface area contributed by atoms with Crippen LogP contribution in [0.3, 0.4) is 0 Å². The maximum absolute atomic E-state index is 13.5. The predicted octanol–water partition coefficient (Wildman–Crippen LogP) is 1.13. The van der Waals surface area contributed by atoms with Crippen molar-refractivity contribution in [2.45, 2.75) is 50.4 Å². The van der Waals surface area contributed by atoms with Crippen LogP contribution >= 0.6 is 0 Å². The van der Waals surface area contributed by atoms with Crippen LogP contribution in [0.2, 0.25) is 0 Å². The maximum Gasteiger partial charge on any atom is 0.315 e. The summed E-state index contributed by atoms with van der Waals surface area (Å²) in [6.45, 7) is 3.50. The highest BCUT2D eigenvalue weighted by Gasteiger charge is 2.50. The summed E-state index contributed by atoms with van der Waals surface area (Å²) in [5.74, 6) is -0.632. The first-order chi connectivity index (χ1) is 17.6. The number of nitrogens with one attached hydrogen (secondary N) is 4. The second-order valence-corrected chi connectivity index (χ2v) is 9.19. The van der Waals surface area contributed by atoms with E-state index in [9.17, 15) is 19.2 Å². The summed E-state index contributed by atoms with van der Waals surface area (Å²) < 4.78 is 10.5. The van der Waals surface area contributed by atoms with Crippen LogP contribution in [0.1, 0.15) is 25.0 Å². The topological polar surface area (TPSA) is 138 Å². The van der Waals surface area contributed by atoms with Gasteiger partial charge in [-0.3, -0.25) is 14.4 Å². The standard InChI is InChI=1S/C27H34N4O6/c1-17(29-26(35)28-3)24(33)31-22(15-19-10-12-20(36-4)13-11-19)25(34)30-21(23(32)27(2)16-37-27)14-18-8-6-5-7-9-18/h5-13,17,21-22H,14-16H2,1-4H3,(H,30,34)(H,31,33)(H2,28,29,35)/t17-,21-,22-,27+/m0/s1. The minimum Gasteiger partial charge on any atom is -0.497 e. The molecule has 1 fully saturated rings. The summed E-state index contributed by atoms with van der Waals surface area (Å²) in [4.78, 5) is 51.2. The summed E-state index contributed by atoms with van der Waals surface area (Å²) in [6, 6.07) is 13.2. The molecule has 2 aromatic rings. The summed E-state index contributed by atoms with van der Waals surface area (Å²) >= 11 is 0. The Labute approximate surface area is 216 Å². The number of benzene rings is 2. The molecule has 4 N–H and O–H groups in total. The van der Waals surface area contributed by atoms with Crippen LogP contribution in [0.4, 0.5) is 4.79 Å². The molecular weight excluding hydrogens is 476 g/mol. The first kappa shape index (κ1) is 27.7. The summed E-state index contributed by atoms with van der Waals surface area (Å²) in [7, 11) is 2.99. The highest BCUT2D eigenvalue weighted by atomic mass is 16.6. The number of rotatable bonds is 12. The van der Waals surface area contributed by atoms with Gasteiger partial charge in [-0.05, 0) is 43.5 Å². The SMILES string of the molecule is CNC(=O)N[C@@H](C)C(=O)N[C@@H](Cc1ccc(OC)cc1)C(=O)N[C@@H](Cc1ccccc1)C(=O)[C@@]1(C)CO1. The van der Waals surface area contributed by atoms with Crippen LogP contribution in [0.25, 0.3) is 0 Å². The van der Waals surface area contributed by atoms with Crippen molar-refractivity contribution in [2.24, 2.45) is 0 Å². The molecule has 4 atom stereocenters. The molecule has 10 heteroatoms. The number of methoxy groups -OCH3 is 1. The number of urea groups is 1. The van der Waals surface area contributed by atoms with Gasteiger partial charge in [0.05, 0.1) is 19.8 Å². The zero-order chi connectivity index (χ0) is 27.0. The Morgan fingerprint density at radius 3 is 2.03 bits per heavy atom. The van der Waals surface area contributed by atoms with Crippen LogP contribution in [-0.2, 0) is 32.0 Å². The van der Waals surface area contributed by atoms with Crippen molar-refractivity contribution in [2.75, 3.05) is 20.8 Å². The average molecular weight is 511 g/mol. The fourth-order valence-electron chi connectivity index (χ4n) is 3.79. The zero-order valence-electron chi connectivity index (χ0n) is 21.5. The molecule has 0 bridgehead atoms. The van der Waals surface area contributed by atoms with Gasteiger partial charge in [0.25, 0.3) is 0 Å². The molecule has 0 spiro atoms. The first-order valence-corrected chi connectivity index (χ1v) is 12.1. The second-order valence-electron chi connectivity index (χ2n) is 9.19. The van der Waals surface area contributed by atoms with E-state index >= 15 is 0 Å². The summed E-state index contributed by atoms with van der Waals surface area (Å²) in [5, 5.41) is 10.4. The number of Topliss-reactive ketones (excluding diaryl/α,β-unsaturated/α-hetero) is 1.